The minimum absolute atomic E-state index is 0.0143. The SMILES string of the molecule is N#Cc1nccnc1NC[C@H](CO)Cc1ccccc1Cl. The van der Waals surface area contributed by atoms with Crippen molar-refractivity contribution in [2.75, 3.05) is 18.5 Å². The van der Waals surface area contributed by atoms with E-state index in [0.717, 1.165) is 5.56 Å². The van der Waals surface area contributed by atoms with Crippen molar-refractivity contribution in [1.82, 2.24) is 9.97 Å². The molecule has 0 fully saturated rings. The van der Waals surface area contributed by atoms with Crippen LogP contribution >= 0.6 is 11.6 Å². The molecule has 0 aliphatic heterocycles. The average molecular weight is 303 g/mol. The number of benzene rings is 1. The molecule has 2 aromatic rings. The van der Waals surface area contributed by atoms with Crippen molar-refractivity contribution in [3.8, 4) is 6.07 Å². The average Bonchev–Trinajstić information content (AvgIpc) is 2.53. The third-order valence-electron chi connectivity index (χ3n) is 3.09. The lowest BCUT2D eigenvalue weighted by Crippen LogP contribution is -2.21. The number of halogens is 1. The molecule has 0 bridgehead atoms. The van der Waals surface area contributed by atoms with E-state index >= 15 is 0 Å². The number of hydrogen-bond acceptors (Lipinski definition) is 5. The number of hydrogen-bond donors (Lipinski definition) is 2. The molecular formula is C15H15ClN4O. The van der Waals surface area contributed by atoms with Gasteiger partial charge in [-0.25, -0.2) is 9.97 Å². The molecule has 6 heteroatoms. The Hall–Kier alpha value is -2.16. The molecule has 0 aliphatic rings. The van der Waals surface area contributed by atoms with Crippen LogP contribution in [0, 0.1) is 17.2 Å². The van der Waals surface area contributed by atoms with E-state index in [1.54, 1.807) is 0 Å². The van der Waals surface area contributed by atoms with Crippen molar-refractivity contribution in [3.05, 3.63) is 52.9 Å². The van der Waals surface area contributed by atoms with Gasteiger partial charge >= 0.3 is 0 Å². The fourth-order valence-corrected chi connectivity index (χ4v) is 2.18. The van der Waals surface area contributed by atoms with Crippen molar-refractivity contribution < 1.29 is 5.11 Å². The lowest BCUT2D eigenvalue weighted by atomic mass is 10.00. The first-order valence-electron chi connectivity index (χ1n) is 6.53. The van der Waals surface area contributed by atoms with Gasteiger partial charge in [-0.2, -0.15) is 5.26 Å². The zero-order chi connectivity index (χ0) is 15.1. The molecule has 1 atom stereocenters. The number of nitriles is 1. The normalized spacial score (nSPS) is 11.7. The molecule has 0 amide bonds. The van der Waals surface area contributed by atoms with E-state index in [1.807, 2.05) is 30.3 Å². The predicted octanol–water partition coefficient (Wildman–Crippen LogP) is 2.26. The van der Waals surface area contributed by atoms with Crippen LogP contribution in [0.4, 0.5) is 5.82 Å². The minimum atomic E-state index is -0.0292. The quantitative estimate of drug-likeness (QED) is 0.855. The summed E-state index contributed by atoms with van der Waals surface area (Å²) in [6.07, 6.45) is 3.63. The van der Waals surface area contributed by atoms with Gasteiger partial charge in [-0.3, -0.25) is 0 Å². The molecule has 0 saturated heterocycles. The Kier molecular flexibility index (Phi) is 5.50. The largest absolute Gasteiger partial charge is 0.396 e. The van der Waals surface area contributed by atoms with Gasteiger partial charge in [-0.15, -0.1) is 0 Å². The summed E-state index contributed by atoms with van der Waals surface area (Å²) in [7, 11) is 0. The third-order valence-corrected chi connectivity index (χ3v) is 3.46. The van der Waals surface area contributed by atoms with E-state index in [9.17, 15) is 5.11 Å². The van der Waals surface area contributed by atoms with Gasteiger partial charge in [0.25, 0.3) is 0 Å². The number of rotatable bonds is 6. The van der Waals surface area contributed by atoms with Crippen molar-refractivity contribution in [2.24, 2.45) is 5.92 Å². The highest BCUT2D eigenvalue weighted by molar-refractivity contribution is 6.31. The molecule has 1 aromatic carbocycles. The maximum absolute atomic E-state index is 9.50. The summed E-state index contributed by atoms with van der Waals surface area (Å²) in [5.41, 5.74) is 1.23. The van der Waals surface area contributed by atoms with E-state index in [0.29, 0.717) is 23.8 Å². The van der Waals surface area contributed by atoms with Gasteiger partial charge in [0.15, 0.2) is 11.5 Å². The van der Waals surface area contributed by atoms with Crippen LogP contribution in [0.2, 0.25) is 5.02 Å². The van der Waals surface area contributed by atoms with Gasteiger partial charge in [0.05, 0.1) is 0 Å². The Morgan fingerprint density at radius 3 is 2.76 bits per heavy atom. The van der Waals surface area contributed by atoms with Gasteiger partial charge in [0.1, 0.15) is 6.07 Å². The monoisotopic (exact) mass is 302 g/mol. The molecule has 5 nitrogen and oxygen atoms in total. The summed E-state index contributed by atoms with van der Waals surface area (Å²) in [5, 5.41) is 22.2. The molecule has 0 unspecified atom stereocenters. The first kappa shape index (κ1) is 15.2. The second-order valence-electron chi connectivity index (χ2n) is 4.59. The number of aliphatic hydroxyl groups is 1. The summed E-state index contributed by atoms with van der Waals surface area (Å²) in [4.78, 5) is 8.01. The topological polar surface area (TPSA) is 81.8 Å². The zero-order valence-electron chi connectivity index (χ0n) is 11.3. The maximum atomic E-state index is 9.50. The van der Waals surface area contributed by atoms with E-state index in [1.165, 1.54) is 12.4 Å². The second kappa shape index (κ2) is 7.58. The Bertz CT molecular complexity index is 642. The highest BCUT2D eigenvalue weighted by atomic mass is 35.5. The van der Waals surface area contributed by atoms with Crippen LogP contribution in [0.5, 0.6) is 0 Å². The Labute approximate surface area is 128 Å². The smallest absolute Gasteiger partial charge is 0.182 e. The van der Waals surface area contributed by atoms with Crippen molar-refractivity contribution in [1.29, 1.82) is 5.26 Å². The molecule has 0 spiro atoms. The van der Waals surface area contributed by atoms with E-state index in [-0.39, 0.29) is 18.2 Å². The lowest BCUT2D eigenvalue weighted by molar-refractivity contribution is 0.232. The highest BCUT2D eigenvalue weighted by Gasteiger charge is 2.12. The standard InChI is InChI=1S/C15H15ClN4O/c16-13-4-2-1-3-12(13)7-11(10-21)9-20-15-14(8-17)18-5-6-19-15/h1-6,11,21H,7,9-10H2,(H,19,20)/t11-/m1/s1. The van der Waals surface area contributed by atoms with Crippen molar-refractivity contribution >= 4 is 17.4 Å². The summed E-state index contributed by atoms with van der Waals surface area (Å²) in [6.45, 7) is 0.496. The number of aromatic nitrogens is 2. The van der Waals surface area contributed by atoms with Crippen LogP contribution < -0.4 is 5.32 Å². The third kappa shape index (κ3) is 4.15. The molecule has 0 radical (unpaired) electrons. The van der Waals surface area contributed by atoms with Gasteiger partial charge in [0, 0.05) is 36.5 Å². The number of aliphatic hydroxyl groups excluding tert-OH is 1. The van der Waals surface area contributed by atoms with E-state index in [2.05, 4.69) is 15.3 Å². The van der Waals surface area contributed by atoms with Crippen LogP contribution in [0.25, 0.3) is 0 Å². The molecule has 2 rings (SSSR count). The van der Waals surface area contributed by atoms with Gasteiger partial charge < -0.3 is 10.4 Å². The van der Waals surface area contributed by atoms with Crippen LogP contribution in [0.15, 0.2) is 36.7 Å². The summed E-state index contributed by atoms with van der Waals surface area (Å²) >= 11 is 6.12. The van der Waals surface area contributed by atoms with Crippen molar-refractivity contribution in [3.63, 3.8) is 0 Å². The van der Waals surface area contributed by atoms with Crippen LogP contribution in [-0.2, 0) is 6.42 Å². The van der Waals surface area contributed by atoms with Crippen LogP contribution in [-0.4, -0.2) is 28.2 Å². The number of anilines is 1. The number of nitrogens with one attached hydrogen (secondary N) is 1. The summed E-state index contributed by atoms with van der Waals surface area (Å²) in [5.74, 6) is 0.399. The fraction of sp³-hybridized carbons (Fsp3) is 0.267. The van der Waals surface area contributed by atoms with E-state index in [4.69, 9.17) is 16.9 Å². The summed E-state index contributed by atoms with van der Waals surface area (Å²) in [6, 6.07) is 9.53. The first-order chi connectivity index (χ1) is 10.2. The lowest BCUT2D eigenvalue weighted by Gasteiger charge is -2.16. The number of nitrogens with zero attached hydrogens (tertiary/aromatic N) is 3. The Morgan fingerprint density at radius 2 is 2.05 bits per heavy atom. The maximum Gasteiger partial charge on any atom is 0.182 e. The zero-order valence-corrected chi connectivity index (χ0v) is 12.1. The molecule has 21 heavy (non-hydrogen) atoms. The summed E-state index contributed by atoms with van der Waals surface area (Å²) < 4.78 is 0. The van der Waals surface area contributed by atoms with Gasteiger partial charge in [-0.05, 0) is 18.1 Å². The fourth-order valence-electron chi connectivity index (χ4n) is 1.97. The highest BCUT2D eigenvalue weighted by Crippen LogP contribution is 2.19. The predicted molar refractivity (Wildman–Crippen MR) is 81.0 cm³/mol. The Balaban J connectivity index is 2.00. The van der Waals surface area contributed by atoms with Crippen LogP contribution in [0.1, 0.15) is 11.3 Å². The van der Waals surface area contributed by atoms with Crippen molar-refractivity contribution in [2.45, 2.75) is 6.42 Å². The molecule has 0 saturated carbocycles. The Morgan fingerprint density at radius 1 is 1.29 bits per heavy atom. The molecular weight excluding hydrogens is 288 g/mol. The van der Waals surface area contributed by atoms with Gasteiger partial charge in [0.2, 0.25) is 0 Å². The second-order valence-corrected chi connectivity index (χ2v) is 5.00. The first-order valence-corrected chi connectivity index (χ1v) is 6.91. The molecule has 2 N–H and O–H groups in total. The van der Waals surface area contributed by atoms with Crippen LogP contribution in [0.3, 0.4) is 0 Å². The van der Waals surface area contributed by atoms with Gasteiger partial charge in [-0.1, -0.05) is 29.8 Å². The molecule has 1 heterocycles. The minimum Gasteiger partial charge on any atom is -0.396 e. The molecule has 108 valence electrons. The molecule has 1 aromatic heterocycles. The van der Waals surface area contributed by atoms with E-state index < -0.39 is 0 Å². The molecule has 0 aliphatic carbocycles.